The molecule has 0 radical (unpaired) electrons. The van der Waals surface area contributed by atoms with Gasteiger partial charge in [-0.25, -0.2) is 4.98 Å². The molecule has 4 aromatic rings. The van der Waals surface area contributed by atoms with Gasteiger partial charge in [0.1, 0.15) is 11.3 Å². The first-order valence-electron chi connectivity index (χ1n) is 7.29. The van der Waals surface area contributed by atoms with E-state index in [0.29, 0.717) is 0 Å². The van der Waals surface area contributed by atoms with Crippen LogP contribution in [-0.2, 0) is 6.42 Å². The Bertz CT molecular complexity index is 988. The molecule has 4 rings (SSSR count). The van der Waals surface area contributed by atoms with E-state index in [9.17, 15) is 0 Å². The van der Waals surface area contributed by atoms with E-state index in [1.807, 2.05) is 48.7 Å². The van der Waals surface area contributed by atoms with Gasteiger partial charge in [-0.3, -0.25) is 9.55 Å². The predicted molar refractivity (Wildman–Crippen MR) is 90.8 cm³/mol. The molecule has 108 valence electrons. The van der Waals surface area contributed by atoms with E-state index in [1.165, 1.54) is 0 Å². The average Bonchev–Trinajstić information content (AvgIpc) is 2.94. The van der Waals surface area contributed by atoms with Crippen LogP contribution in [0.3, 0.4) is 0 Å². The maximum Gasteiger partial charge on any atom is 0.114 e. The van der Waals surface area contributed by atoms with Crippen LogP contribution in [0.1, 0.15) is 12.7 Å². The van der Waals surface area contributed by atoms with Crippen LogP contribution in [-0.4, -0.2) is 14.5 Å². The first-order chi connectivity index (χ1) is 10.8. The van der Waals surface area contributed by atoms with Gasteiger partial charge < -0.3 is 0 Å². The lowest BCUT2D eigenvalue weighted by molar-refractivity contribution is 0.909. The Balaban J connectivity index is 2.20. The lowest BCUT2D eigenvalue weighted by Crippen LogP contribution is -2.01. The van der Waals surface area contributed by atoms with Crippen LogP contribution in [0.25, 0.3) is 27.6 Å². The van der Waals surface area contributed by atoms with E-state index in [0.717, 1.165) is 44.9 Å². The zero-order valence-electron chi connectivity index (χ0n) is 12.1. The number of imidazole rings is 1. The largest absolute Gasteiger partial charge is 0.294 e. The minimum Gasteiger partial charge on any atom is -0.294 e. The molecule has 0 aliphatic carbocycles. The Morgan fingerprint density at radius 2 is 1.77 bits per heavy atom. The Morgan fingerprint density at radius 1 is 1.00 bits per heavy atom. The Labute approximate surface area is 133 Å². The quantitative estimate of drug-likeness (QED) is 0.533. The van der Waals surface area contributed by atoms with Crippen LogP contribution in [0, 0.1) is 0 Å². The van der Waals surface area contributed by atoms with E-state index in [4.69, 9.17) is 16.6 Å². The highest BCUT2D eigenvalue weighted by Crippen LogP contribution is 2.30. The van der Waals surface area contributed by atoms with Crippen molar-refractivity contribution in [3.05, 3.63) is 65.6 Å². The zero-order valence-corrected chi connectivity index (χ0v) is 12.9. The van der Waals surface area contributed by atoms with Crippen LogP contribution >= 0.6 is 11.6 Å². The molecule has 0 fully saturated rings. The molecule has 4 heteroatoms. The third-order valence-corrected chi connectivity index (χ3v) is 4.19. The molecule has 0 spiro atoms. The van der Waals surface area contributed by atoms with Gasteiger partial charge in [-0.15, -0.1) is 0 Å². The number of pyridine rings is 1. The second kappa shape index (κ2) is 5.11. The molecule has 22 heavy (non-hydrogen) atoms. The van der Waals surface area contributed by atoms with Gasteiger partial charge in [-0.05, 0) is 18.2 Å². The minimum absolute atomic E-state index is 0.720. The van der Waals surface area contributed by atoms with Crippen molar-refractivity contribution in [2.45, 2.75) is 13.3 Å². The van der Waals surface area contributed by atoms with Crippen LogP contribution in [0.2, 0.25) is 5.02 Å². The number of para-hydroxylation sites is 2. The highest BCUT2D eigenvalue weighted by atomic mass is 35.5. The van der Waals surface area contributed by atoms with E-state index >= 15 is 0 Å². The Kier molecular flexibility index (Phi) is 3.09. The third kappa shape index (κ3) is 1.90. The van der Waals surface area contributed by atoms with Gasteiger partial charge in [-0.1, -0.05) is 48.9 Å². The topological polar surface area (TPSA) is 30.7 Å². The fourth-order valence-electron chi connectivity index (χ4n) is 2.88. The third-order valence-electron chi connectivity index (χ3n) is 3.87. The van der Waals surface area contributed by atoms with Gasteiger partial charge in [0.05, 0.1) is 27.9 Å². The highest BCUT2D eigenvalue weighted by molar-refractivity contribution is 6.32. The molecule has 0 unspecified atom stereocenters. The van der Waals surface area contributed by atoms with Gasteiger partial charge in [0.15, 0.2) is 0 Å². The lowest BCUT2D eigenvalue weighted by Gasteiger charge is -2.11. The highest BCUT2D eigenvalue weighted by Gasteiger charge is 2.16. The molecule has 0 aliphatic heterocycles. The maximum absolute atomic E-state index is 6.43. The minimum atomic E-state index is 0.720. The van der Waals surface area contributed by atoms with Crippen LogP contribution < -0.4 is 0 Å². The molecule has 3 nitrogen and oxygen atoms in total. The molecule has 2 heterocycles. The number of aryl methyl sites for hydroxylation is 1. The van der Waals surface area contributed by atoms with Gasteiger partial charge in [-0.2, -0.15) is 0 Å². The molecule has 2 aromatic carbocycles. The fourth-order valence-corrected chi connectivity index (χ4v) is 3.10. The van der Waals surface area contributed by atoms with Crippen molar-refractivity contribution in [3.8, 4) is 5.69 Å². The monoisotopic (exact) mass is 307 g/mol. The number of hydrogen-bond donors (Lipinski definition) is 0. The Hall–Kier alpha value is -2.39. The van der Waals surface area contributed by atoms with E-state index in [2.05, 4.69) is 22.5 Å². The van der Waals surface area contributed by atoms with E-state index < -0.39 is 0 Å². The summed E-state index contributed by atoms with van der Waals surface area (Å²) in [5, 5.41) is 1.81. The summed E-state index contributed by atoms with van der Waals surface area (Å²) in [6, 6.07) is 16.0. The van der Waals surface area contributed by atoms with Crippen molar-refractivity contribution in [1.29, 1.82) is 0 Å². The molecule has 2 aromatic heterocycles. The smallest absolute Gasteiger partial charge is 0.114 e. The molecular weight excluding hydrogens is 294 g/mol. The maximum atomic E-state index is 6.43. The first-order valence-corrected chi connectivity index (χ1v) is 7.67. The molecule has 0 amide bonds. The number of rotatable bonds is 2. The summed E-state index contributed by atoms with van der Waals surface area (Å²) in [5.74, 6) is 0.987. The average molecular weight is 308 g/mol. The van der Waals surface area contributed by atoms with Crippen LogP contribution in [0.5, 0.6) is 0 Å². The van der Waals surface area contributed by atoms with Crippen molar-refractivity contribution in [2.24, 2.45) is 0 Å². The fraction of sp³-hybridized carbons (Fsp3) is 0.111. The predicted octanol–water partition coefficient (Wildman–Crippen LogP) is 4.79. The molecular formula is C18H14ClN3. The van der Waals surface area contributed by atoms with Crippen molar-refractivity contribution in [3.63, 3.8) is 0 Å². The number of hydrogen-bond acceptors (Lipinski definition) is 2. The first kappa shape index (κ1) is 13.3. The summed E-state index contributed by atoms with van der Waals surface area (Å²) in [4.78, 5) is 9.25. The van der Waals surface area contributed by atoms with Crippen LogP contribution in [0.4, 0.5) is 0 Å². The van der Waals surface area contributed by atoms with E-state index in [-0.39, 0.29) is 0 Å². The van der Waals surface area contributed by atoms with Crippen molar-refractivity contribution in [1.82, 2.24) is 14.5 Å². The second-order valence-electron chi connectivity index (χ2n) is 5.18. The summed E-state index contributed by atoms with van der Waals surface area (Å²) in [5.41, 5.74) is 3.89. The summed E-state index contributed by atoms with van der Waals surface area (Å²) in [6.45, 7) is 2.10. The second-order valence-corrected chi connectivity index (χ2v) is 5.58. The van der Waals surface area contributed by atoms with Gasteiger partial charge in [0.25, 0.3) is 0 Å². The van der Waals surface area contributed by atoms with Gasteiger partial charge in [0.2, 0.25) is 0 Å². The molecule has 0 atom stereocenters. The Morgan fingerprint density at radius 3 is 2.59 bits per heavy atom. The molecule has 0 saturated heterocycles. The summed E-state index contributed by atoms with van der Waals surface area (Å²) < 4.78 is 2.15. The van der Waals surface area contributed by atoms with Crippen molar-refractivity contribution >= 4 is 33.5 Å². The van der Waals surface area contributed by atoms with Gasteiger partial charge in [0, 0.05) is 11.8 Å². The number of aromatic nitrogens is 3. The SMILES string of the molecule is CCc1nc2cnc3ccccc3c2n1-c1ccccc1Cl. The number of fused-ring (bicyclic) bond motifs is 3. The number of benzene rings is 2. The van der Waals surface area contributed by atoms with E-state index in [1.54, 1.807) is 0 Å². The number of nitrogens with zero attached hydrogens (tertiary/aromatic N) is 3. The summed E-state index contributed by atoms with van der Waals surface area (Å²) >= 11 is 6.43. The molecule has 0 saturated carbocycles. The molecule has 0 N–H and O–H groups in total. The zero-order chi connectivity index (χ0) is 15.1. The van der Waals surface area contributed by atoms with Crippen molar-refractivity contribution in [2.75, 3.05) is 0 Å². The molecule has 0 bridgehead atoms. The van der Waals surface area contributed by atoms with Gasteiger partial charge >= 0.3 is 0 Å². The normalized spacial score (nSPS) is 11.4. The summed E-state index contributed by atoms with van der Waals surface area (Å²) in [7, 11) is 0. The molecule has 0 aliphatic rings. The van der Waals surface area contributed by atoms with Crippen LogP contribution in [0.15, 0.2) is 54.7 Å². The summed E-state index contributed by atoms with van der Waals surface area (Å²) in [6.07, 6.45) is 2.67. The lowest BCUT2D eigenvalue weighted by atomic mass is 10.2. The standard InChI is InChI=1S/C18H14ClN3/c1-2-17-21-15-11-20-14-9-5-3-7-12(14)18(15)22(17)16-10-6-4-8-13(16)19/h3-11H,2H2,1H3. The number of halogens is 1. The van der Waals surface area contributed by atoms with Crippen molar-refractivity contribution < 1.29 is 0 Å².